The first-order chi connectivity index (χ1) is 21.2. The minimum Gasteiger partial charge on any atom is -0.404 e. The Morgan fingerprint density at radius 2 is 2.00 bits per heavy atom. The van der Waals surface area contributed by atoms with Crippen molar-refractivity contribution in [3.8, 4) is 0 Å². The fourth-order valence-electron chi connectivity index (χ4n) is 5.76. The molecule has 0 bridgehead atoms. The van der Waals surface area contributed by atoms with Crippen molar-refractivity contribution in [3.63, 3.8) is 0 Å². The molecule has 3 rings (SSSR count). The summed E-state index contributed by atoms with van der Waals surface area (Å²) in [5.74, 6) is -1.40. The molecule has 1 saturated heterocycles. The highest BCUT2D eigenvalue weighted by Crippen LogP contribution is 2.33. The molecule has 1 aromatic rings. The van der Waals surface area contributed by atoms with Gasteiger partial charge in [0.1, 0.15) is 12.1 Å². The SMILES string of the molecule is C=CC1=C(/C(=C\C)N2CCC(CCCN=C/C(=C\N)c3ccc(C(N)=O)c(F)c3)CC2)CN(C(C=O)CCC(=O)NC)C1=O. The molecule has 3 amide bonds. The van der Waals surface area contributed by atoms with Gasteiger partial charge in [0.05, 0.1) is 11.6 Å². The molecule has 0 saturated carbocycles. The zero-order valence-electron chi connectivity index (χ0n) is 25.6. The topological polar surface area (TPSA) is 151 Å². The molecule has 2 aliphatic rings. The number of aliphatic imine (C=N–C) groups is 1. The molecule has 0 radical (unpaired) electrons. The van der Waals surface area contributed by atoms with Crippen molar-refractivity contribution >= 4 is 35.8 Å². The summed E-state index contributed by atoms with van der Waals surface area (Å²) in [7, 11) is 1.54. The van der Waals surface area contributed by atoms with Crippen LogP contribution in [-0.4, -0.2) is 79.3 Å². The molecule has 0 aliphatic carbocycles. The van der Waals surface area contributed by atoms with E-state index >= 15 is 0 Å². The number of carbonyl (C=O) groups is 4. The van der Waals surface area contributed by atoms with Crippen LogP contribution in [0, 0.1) is 11.7 Å². The van der Waals surface area contributed by atoms with Gasteiger partial charge in [-0.15, -0.1) is 0 Å². The van der Waals surface area contributed by atoms with Crippen LogP contribution in [0.3, 0.4) is 0 Å². The Morgan fingerprint density at radius 1 is 1.27 bits per heavy atom. The van der Waals surface area contributed by atoms with Crippen LogP contribution in [0.5, 0.6) is 0 Å². The van der Waals surface area contributed by atoms with Crippen molar-refractivity contribution in [1.29, 1.82) is 0 Å². The smallest absolute Gasteiger partial charge is 0.255 e. The first kappa shape index (κ1) is 34.0. The maximum absolute atomic E-state index is 14.1. The highest BCUT2D eigenvalue weighted by molar-refractivity contribution is 6.10. The standard InChI is InChI=1S/C33H43FN6O4/c1-4-26-28(20-40(33(26)44)25(21-41)9-11-31(42)37-3)30(5-2)39-15-12-22(13-16-39)7-6-14-38-19-24(18-35)23-8-10-27(32(36)43)29(34)17-23/h4-5,8,10,17-19,21-22,25H,1,6-7,9,11-16,20,35H2,2-3H3,(H2,36,43)(H,37,42)/b24-18+,30-5+,38-19?. The molecule has 11 heteroatoms. The highest BCUT2D eigenvalue weighted by atomic mass is 19.1. The molecule has 1 atom stereocenters. The average Bonchev–Trinajstić information content (AvgIpc) is 3.35. The van der Waals surface area contributed by atoms with E-state index in [1.54, 1.807) is 25.4 Å². The molecule has 10 nitrogen and oxygen atoms in total. The Labute approximate surface area is 258 Å². The van der Waals surface area contributed by atoms with E-state index in [9.17, 15) is 23.6 Å². The number of nitrogens with zero attached hydrogens (tertiary/aromatic N) is 3. The summed E-state index contributed by atoms with van der Waals surface area (Å²) >= 11 is 0. The third-order valence-electron chi connectivity index (χ3n) is 8.27. The van der Waals surface area contributed by atoms with Crippen molar-refractivity contribution in [2.45, 2.75) is 51.5 Å². The van der Waals surface area contributed by atoms with E-state index in [1.807, 2.05) is 13.0 Å². The molecule has 236 valence electrons. The number of amides is 3. The van der Waals surface area contributed by atoms with Crippen molar-refractivity contribution in [3.05, 3.63) is 76.9 Å². The van der Waals surface area contributed by atoms with E-state index in [1.165, 1.54) is 23.2 Å². The molecule has 1 fully saturated rings. The summed E-state index contributed by atoms with van der Waals surface area (Å²) in [5, 5.41) is 2.55. The van der Waals surface area contributed by atoms with Gasteiger partial charge in [0.15, 0.2) is 0 Å². The summed E-state index contributed by atoms with van der Waals surface area (Å²) in [4.78, 5) is 56.4. The largest absolute Gasteiger partial charge is 0.404 e. The fraction of sp³-hybridized carbons (Fsp3) is 0.424. The maximum Gasteiger partial charge on any atom is 0.255 e. The molecule has 5 N–H and O–H groups in total. The molecular formula is C33H43FN6O4. The Morgan fingerprint density at radius 3 is 2.57 bits per heavy atom. The van der Waals surface area contributed by atoms with E-state index in [-0.39, 0.29) is 30.2 Å². The van der Waals surface area contributed by atoms with Crippen LogP contribution in [0.2, 0.25) is 0 Å². The first-order valence-corrected chi connectivity index (χ1v) is 14.9. The van der Waals surface area contributed by atoms with Crippen LogP contribution < -0.4 is 16.8 Å². The number of primary amides is 1. The summed E-state index contributed by atoms with van der Waals surface area (Å²) in [6.07, 6.45) is 11.6. The fourth-order valence-corrected chi connectivity index (χ4v) is 5.76. The van der Waals surface area contributed by atoms with Gasteiger partial charge < -0.3 is 31.4 Å². The van der Waals surface area contributed by atoms with E-state index < -0.39 is 17.8 Å². The van der Waals surface area contributed by atoms with Gasteiger partial charge in [-0.25, -0.2) is 4.39 Å². The van der Waals surface area contributed by atoms with Gasteiger partial charge >= 0.3 is 0 Å². The molecule has 2 heterocycles. The predicted molar refractivity (Wildman–Crippen MR) is 170 cm³/mol. The molecule has 1 unspecified atom stereocenters. The second-order valence-electron chi connectivity index (χ2n) is 10.9. The Hall–Kier alpha value is -4.54. The van der Waals surface area contributed by atoms with Crippen molar-refractivity contribution in [2.75, 3.05) is 33.2 Å². The normalized spacial score (nSPS) is 17.4. The number of piperidine rings is 1. The molecule has 1 aromatic carbocycles. The number of carbonyl (C=O) groups excluding carboxylic acids is 4. The second kappa shape index (κ2) is 16.3. The van der Waals surface area contributed by atoms with Gasteiger partial charge in [0.25, 0.3) is 11.8 Å². The number of allylic oxidation sites excluding steroid dienone is 2. The second-order valence-corrected chi connectivity index (χ2v) is 10.9. The minimum atomic E-state index is -0.827. The lowest BCUT2D eigenvalue weighted by Gasteiger charge is -2.36. The van der Waals surface area contributed by atoms with Crippen molar-refractivity contribution in [2.24, 2.45) is 22.4 Å². The summed E-state index contributed by atoms with van der Waals surface area (Å²) < 4.78 is 14.1. The van der Waals surface area contributed by atoms with Gasteiger partial charge in [-0.2, -0.15) is 0 Å². The number of halogens is 1. The van der Waals surface area contributed by atoms with E-state index in [4.69, 9.17) is 11.5 Å². The van der Waals surface area contributed by atoms with Crippen LogP contribution in [0.4, 0.5) is 4.39 Å². The summed E-state index contributed by atoms with van der Waals surface area (Å²) in [6.45, 7) is 8.40. The molecule has 0 spiro atoms. The van der Waals surface area contributed by atoms with Crippen molar-refractivity contribution in [1.82, 2.24) is 15.1 Å². The number of hydrogen-bond acceptors (Lipinski definition) is 7. The van der Waals surface area contributed by atoms with Gasteiger partial charge in [0.2, 0.25) is 5.91 Å². The first-order valence-electron chi connectivity index (χ1n) is 14.9. The lowest BCUT2D eigenvalue weighted by Crippen LogP contribution is -2.40. The van der Waals surface area contributed by atoms with Crippen molar-refractivity contribution < 1.29 is 23.6 Å². The molecular weight excluding hydrogens is 563 g/mol. The Bertz CT molecular complexity index is 1370. The zero-order chi connectivity index (χ0) is 32.2. The average molecular weight is 607 g/mol. The van der Waals surface area contributed by atoms with Gasteiger partial charge in [0, 0.05) is 74.5 Å². The number of likely N-dealkylation sites (tertiary alicyclic amines) is 1. The van der Waals surface area contributed by atoms with E-state index in [2.05, 4.69) is 21.8 Å². The van der Waals surface area contributed by atoms with Crippen LogP contribution in [0.1, 0.15) is 61.4 Å². The van der Waals surface area contributed by atoms with Crippen LogP contribution in [0.15, 0.2) is 65.0 Å². The predicted octanol–water partition coefficient (Wildman–Crippen LogP) is 3.11. The van der Waals surface area contributed by atoms with Crippen LogP contribution in [-0.2, 0) is 14.4 Å². The lowest BCUT2D eigenvalue weighted by molar-refractivity contribution is -0.131. The number of aldehydes is 1. The number of nitrogens with two attached hydrogens (primary N) is 2. The summed E-state index contributed by atoms with van der Waals surface area (Å²) in [5.41, 5.74) is 14.1. The molecule has 0 aromatic heterocycles. The lowest BCUT2D eigenvalue weighted by atomic mass is 9.91. The Balaban J connectivity index is 1.52. The minimum absolute atomic E-state index is 0.162. The quantitative estimate of drug-likeness (QED) is 0.159. The third kappa shape index (κ3) is 8.30. The third-order valence-corrected chi connectivity index (χ3v) is 8.27. The van der Waals surface area contributed by atoms with Gasteiger partial charge in [-0.05, 0) is 62.6 Å². The number of hydrogen-bond donors (Lipinski definition) is 3. The number of rotatable bonds is 15. The molecule has 44 heavy (non-hydrogen) atoms. The van der Waals surface area contributed by atoms with Gasteiger partial charge in [-0.1, -0.05) is 24.8 Å². The molecule has 2 aliphatic heterocycles. The number of nitrogens with one attached hydrogen (secondary N) is 1. The van der Waals surface area contributed by atoms with E-state index in [0.29, 0.717) is 35.7 Å². The van der Waals surface area contributed by atoms with Crippen LogP contribution in [0.25, 0.3) is 5.57 Å². The van der Waals surface area contributed by atoms with Crippen LogP contribution >= 0.6 is 0 Å². The zero-order valence-corrected chi connectivity index (χ0v) is 25.6. The number of benzene rings is 1. The Kier molecular flexibility index (Phi) is 12.6. The van der Waals surface area contributed by atoms with Gasteiger partial charge in [-0.3, -0.25) is 19.4 Å². The monoisotopic (exact) mass is 606 g/mol. The maximum atomic E-state index is 14.1. The highest BCUT2D eigenvalue weighted by Gasteiger charge is 2.36. The summed E-state index contributed by atoms with van der Waals surface area (Å²) in [6, 6.07) is 3.46. The van der Waals surface area contributed by atoms with E-state index in [0.717, 1.165) is 56.3 Å².